The Kier molecular flexibility index (Phi) is 10.3. The van der Waals surface area contributed by atoms with Crippen LogP contribution in [0.25, 0.3) is 0 Å². The van der Waals surface area contributed by atoms with Crippen LogP contribution in [0.4, 0.5) is 5.69 Å². The third-order valence-electron chi connectivity index (χ3n) is 4.14. The Morgan fingerprint density at radius 2 is 1.71 bits per heavy atom. The first-order chi connectivity index (χ1) is 10.5. The van der Waals surface area contributed by atoms with E-state index in [0.29, 0.717) is 13.0 Å². The number of benzene rings is 1. The Labute approximate surface area is 157 Å². The molecule has 1 aliphatic rings. The fraction of sp³-hybridized carbons (Fsp3) is 0.588. The van der Waals surface area contributed by atoms with Crippen molar-refractivity contribution < 1.29 is 4.79 Å². The number of rotatable bonds is 6. The number of halogens is 2. The van der Waals surface area contributed by atoms with Gasteiger partial charge in [0.25, 0.3) is 0 Å². The van der Waals surface area contributed by atoms with Gasteiger partial charge in [0.05, 0.1) is 0 Å². The van der Waals surface area contributed by atoms with Crippen molar-refractivity contribution in [1.29, 1.82) is 0 Å². The van der Waals surface area contributed by atoms with Gasteiger partial charge in [-0.3, -0.25) is 9.69 Å². The van der Waals surface area contributed by atoms with E-state index in [1.165, 1.54) is 5.69 Å². The van der Waals surface area contributed by atoms with Gasteiger partial charge in [0.15, 0.2) is 0 Å². The van der Waals surface area contributed by atoms with Crippen LogP contribution in [0, 0.1) is 0 Å². The van der Waals surface area contributed by atoms with Crippen molar-refractivity contribution in [2.75, 3.05) is 44.2 Å². The summed E-state index contributed by atoms with van der Waals surface area (Å²) in [6.07, 6.45) is 0.536. The first-order valence-electron chi connectivity index (χ1n) is 8.03. The van der Waals surface area contributed by atoms with Crippen molar-refractivity contribution >= 4 is 36.4 Å². The summed E-state index contributed by atoms with van der Waals surface area (Å²) in [6, 6.07) is 10.5. The van der Waals surface area contributed by atoms with Crippen molar-refractivity contribution in [1.82, 2.24) is 10.2 Å². The van der Waals surface area contributed by atoms with Crippen LogP contribution in [0.1, 0.15) is 20.3 Å². The molecular weight excluding hydrogens is 347 g/mol. The van der Waals surface area contributed by atoms with Crippen LogP contribution in [0.5, 0.6) is 0 Å². The van der Waals surface area contributed by atoms with Crippen LogP contribution in [-0.2, 0) is 4.79 Å². The van der Waals surface area contributed by atoms with E-state index in [-0.39, 0.29) is 36.3 Å². The molecule has 2 rings (SSSR count). The molecule has 1 heterocycles. The molecule has 3 N–H and O–H groups in total. The van der Waals surface area contributed by atoms with Crippen LogP contribution in [0.2, 0.25) is 0 Å². The first-order valence-corrected chi connectivity index (χ1v) is 8.03. The molecule has 0 atom stereocenters. The van der Waals surface area contributed by atoms with Gasteiger partial charge in [-0.2, -0.15) is 0 Å². The highest BCUT2D eigenvalue weighted by Gasteiger charge is 2.20. The lowest BCUT2D eigenvalue weighted by molar-refractivity contribution is -0.122. The molecule has 1 aromatic carbocycles. The zero-order valence-corrected chi connectivity index (χ0v) is 16.2. The maximum absolute atomic E-state index is 11.9. The fourth-order valence-electron chi connectivity index (χ4n) is 2.62. The second-order valence-electron chi connectivity index (χ2n) is 6.55. The van der Waals surface area contributed by atoms with Gasteiger partial charge in [-0.1, -0.05) is 18.2 Å². The molecule has 0 bridgehead atoms. The number of nitrogens with zero attached hydrogens (tertiary/aromatic N) is 2. The van der Waals surface area contributed by atoms with Crippen molar-refractivity contribution in [3.8, 4) is 0 Å². The molecular formula is C17H30Cl2N4O. The van der Waals surface area contributed by atoms with E-state index < -0.39 is 0 Å². The second-order valence-corrected chi connectivity index (χ2v) is 6.55. The number of para-hydroxylation sites is 1. The normalized spacial score (nSPS) is 15.2. The van der Waals surface area contributed by atoms with Gasteiger partial charge in [0.2, 0.25) is 5.91 Å². The maximum atomic E-state index is 11.9. The molecule has 0 radical (unpaired) electrons. The zero-order chi connectivity index (χ0) is 16.0. The number of hydrogen-bond acceptors (Lipinski definition) is 4. The number of amides is 1. The lowest BCUT2D eigenvalue weighted by atomic mass is 10.1. The van der Waals surface area contributed by atoms with E-state index in [0.717, 1.165) is 32.7 Å². The van der Waals surface area contributed by atoms with Crippen molar-refractivity contribution in [2.24, 2.45) is 5.73 Å². The van der Waals surface area contributed by atoms with Crippen molar-refractivity contribution in [3.05, 3.63) is 30.3 Å². The Morgan fingerprint density at radius 1 is 1.12 bits per heavy atom. The molecule has 1 amide bonds. The largest absolute Gasteiger partial charge is 0.369 e. The van der Waals surface area contributed by atoms with Gasteiger partial charge >= 0.3 is 0 Å². The number of carbonyl (C=O) groups excluding carboxylic acids is 1. The van der Waals surface area contributed by atoms with Crippen LogP contribution in [-0.4, -0.2) is 55.6 Å². The Bertz CT molecular complexity index is 477. The molecule has 1 aliphatic heterocycles. The minimum absolute atomic E-state index is 0. The van der Waals surface area contributed by atoms with E-state index in [2.05, 4.69) is 39.4 Å². The maximum Gasteiger partial charge on any atom is 0.221 e. The minimum atomic E-state index is -0.316. The first kappa shape index (κ1) is 23.0. The summed E-state index contributed by atoms with van der Waals surface area (Å²) >= 11 is 0. The Balaban J connectivity index is 0.00000264. The zero-order valence-electron chi connectivity index (χ0n) is 14.5. The number of hydrogen-bond donors (Lipinski definition) is 2. The molecule has 24 heavy (non-hydrogen) atoms. The number of nitrogens with two attached hydrogens (primary N) is 1. The van der Waals surface area contributed by atoms with Crippen LogP contribution < -0.4 is 16.0 Å². The summed E-state index contributed by atoms with van der Waals surface area (Å²) in [4.78, 5) is 16.7. The van der Waals surface area contributed by atoms with E-state index >= 15 is 0 Å². The van der Waals surface area contributed by atoms with E-state index in [9.17, 15) is 4.79 Å². The van der Waals surface area contributed by atoms with Gasteiger partial charge in [-0.05, 0) is 26.0 Å². The number of carbonyl (C=O) groups is 1. The highest BCUT2D eigenvalue weighted by Crippen LogP contribution is 2.15. The van der Waals surface area contributed by atoms with Gasteiger partial charge < -0.3 is 16.0 Å². The van der Waals surface area contributed by atoms with Gasteiger partial charge in [-0.25, -0.2) is 0 Å². The number of anilines is 1. The van der Waals surface area contributed by atoms with Crippen LogP contribution >= 0.6 is 24.8 Å². The third-order valence-corrected chi connectivity index (χ3v) is 4.14. The second kappa shape index (κ2) is 10.8. The molecule has 0 aliphatic carbocycles. The Morgan fingerprint density at radius 3 is 2.25 bits per heavy atom. The molecule has 7 heteroatoms. The standard InChI is InChI=1S/C17H28N4O.2ClH/c1-17(2,14-18)19-16(22)8-9-20-10-12-21(13-11-20)15-6-4-3-5-7-15;;/h3-7H,8-14,18H2,1-2H3,(H,19,22);2*1H. The van der Waals surface area contributed by atoms with Crippen LogP contribution in [0.15, 0.2) is 30.3 Å². The van der Waals surface area contributed by atoms with E-state index in [1.54, 1.807) is 0 Å². The van der Waals surface area contributed by atoms with Gasteiger partial charge in [0, 0.05) is 56.9 Å². The lowest BCUT2D eigenvalue weighted by Gasteiger charge is -2.36. The molecule has 1 saturated heterocycles. The summed E-state index contributed by atoms with van der Waals surface area (Å²) in [5.41, 5.74) is 6.60. The molecule has 0 saturated carbocycles. The summed E-state index contributed by atoms with van der Waals surface area (Å²) < 4.78 is 0. The number of piperazine rings is 1. The summed E-state index contributed by atoms with van der Waals surface area (Å²) in [7, 11) is 0. The summed E-state index contributed by atoms with van der Waals surface area (Å²) in [6.45, 7) is 9.20. The molecule has 1 fully saturated rings. The molecule has 0 spiro atoms. The monoisotopic (exact) mass is 376 g/mol. The lowest BCUT2D eigenvalue weighted by Crippen LogP contribution is -2.50. The van der Waals surface area contributed by atoms with Crippen LogP contribution in [0.3, 0.4) is 0 Å². The predicted octanol–water partition coefficient (Wildman–Crippen LogP) is 1.90. The average molecular weight is 377 g/mol. The van der Waals surface area contributed by atoms with Gasteiger partial charge in [-0.15, -0.1) is 24.8 Å². The molecule has 0 aromatic heterocycles. The highest BCUT2D eigenvalue weighted by molar-refractivity contribution is 5.85. The van der Waals surface area contributed by atoms with Crippen molar-refractivity contribution in [2.45, 2.75) is 25.8 Å². The Hall–Kier alpha value is -1.01. The van der Waals surface area contributed by atoms with Crippen molar-refractivity contribution in [3.63, 3.8) is 0 Å². The topological polar surface area (TPSA) is 61.6 Å². The molecule has 5 nitrogen and oxygen atoms in total. The predicted molar refractivity (Wildman–Crippen MR) is 105 cm³/mol. The SMILES string of the molecule is CC(C)(CN)NC(=O)CCN1CCN(c2ccccc2)CC1.Cl.Cl. The number of nitrogens with one attached hydrogen (secondary N) is 1. The molecule has 0 unspecified atom stereocenters. The smallest absolute Gasteiger partial charge is 0.221 e. The van der Waals surface area contributed by atoms with E-state index in [1.807, 2.05) is 19.9 Å². The summed E-state index contributed by atoms with van der Waals surface area (Å²) in [5, 5.41) is 2.98. The van der Waals surface area contributed by atoms with E-state index in [4.69, 9.17) is 5.73 Å². The summed E-state index contributed by atoms with van der Waals surface area (Å²) in [5.74, 6) is 0.0842. The molecule has 138 valence electrons. The fourth-order valence-corrected chi connectivity index (χ4v) is 2.62. The minimum Gasteiger partial charge on any atom is -0.369 e. The third kappa shape index (κ3) is 7.26. The van der Waals surface area contributed by atoms with Gasteiger partial charge in [0.1, 0.15) is 0 Å². The average Bonchev–Trinajstić information content (AvgIpc) is 2.54. The highest BCUT2D eigenvalue weighted by atomic mass is 35.5. The molecule has 1 aromatic rings. The quantitative estimate of drug-likeness (QED) is 0.795.